The molecule has 3 nitrogen and oxygen atoms in total. The van der Waals surface area contributed by atoms with Gasteiger partial charge < -0.3 is 0 Å². The van der Waals surface area contributed by atoms with E-state index in [0.717, 1.165) is 5.56 Å². The molecule has 16 heavy (non-hydrogen) atoms. The van der Waals surface area contributed by atoms with Crippen molar-refractivity contribution in [2.45, 2.75) is 6.54 Å². The Kier molecular flexibility index (Phi) is 3.47. The predicted octanol–water partition coefficient (Wildman–Crippen LogP) is 3.32. The molecule has 0 saturated heterocycles. The third kappa shape index (κ3) is 2.55. The summed E-state index contributed by atoms with van der Waals surface area (Å²) in [4.78, 5) is 3.77. The van der Waals surface area contributed by atoms with Crippen LogP contribution in [0.4, 0.5) is 5.82 Å². The maximum absolute atomic E-state index is 5.93. The van der Waals surface area contributed by atoms with Crippen LogP contribution in [0.25, 0.3) is 0 Å². The quantitative estimate of drug-likeness (QED) is 0.617. The summed E-state index contributed by atoms with van der Waals surface area (Å²) < 4.78 is 1.73. The number of aliphatic imine (C=N–C) groups is 1. The van der Waals surface area contributed by atoms with Gasteiger partial charge in [0, 0.05) is 6.20 Å². The van der Waals surface area contributed by atoms with Crippen LogP contribution in [0.3, 0.4) is 0 Å². The van der Waals surface area contributed by atoms with Crippen molar-refractivity contribution in [3.8, 4) is 0 Å². The van der Waals surface area contributed by atoms with Crippen LogP contribution in [-0.4, -0.2) is 14.9 Å². The van der Waals surface area contributed by atoms with Gasteiger partial charge in [-0.2, -0.15) is 10.1 Å². The molecule has 0 amide bonds. The van der Waals surface area contributed by atoms with E-state index in [4.69, 9.17) is 11.6 Å². The zero-order chi connectivity index (χ0) is 11.4. The summed E-state index contributed by atoms with van der Waals surface area (Å²) in [7, 11) is 0. The molecular formula is C11H8ClN3S. The number of isothiocyanates is 1. The van der Waals surface area contributed by atoms with Gasteiger partial charge >= 0.3 is 0 Å². The zero-order valence-electron chi connectivity index (χ0n) is 8.30. The van der Waals surface area contributed by atoms with Gasteiger partial charge in [-0.3, -0.25) is 4.68 Å². The predicted molar refractivity (Wildman–Crippen MR) is 67.5 cm³/mol. The summed E-state index contributed by atoms with van der Waals surface area (Å²) in [6.45, 7) is 0.660. The molecule has 0 fully saturated rings. The number of nitrogens with zero attached hydrogens (tertiary/aromatic N) is 3. The number of rotatable bonds is 3. The van der Waals surface area contributed by atoms with E-state index in [-0.39, 0.29) is 0 Å². The fourth-order valence-corrected chi connectivity index (χ4v) is 1.64. The van der Waals surface area contributed by atoms with E-state index in [1.54, 1.807) is 10.9 Å². The van der Waals surface area contributed by atoms with Crippen LogP contribution >= 0.6 is 23.8 Å². The minimum atomic E-state index is 0.410. The lowest BCUT2D eigenvalue weighted by atomic mass is 10.2. The van der Waals surface area contributed by atoms with Crippen molar-refractivity contribution in [2.75, 3.05) is 0 Å². The van der Waals surface area contributed by atoms with Gasteiger partial charge in [0.1, 0.15) is 5.02 Å². The Bertz CT molecular complexity index is 529. The number of halogens is 1. The molecule has 1 aromatic carbocycles. The zero-order valence-corrected chi connectivity index (χ0v) is 9.87. The van der Waals surface area contributed by atoms with Gasteiger partial charge in [-0.05, 0) is 17.8 Å². The van der Waals surface area contributed by atoms with E-state index in [0.29, 0.717) is 17.4 Å². The van der Waals surface area contributed by atoms with Crippen molar-refractivity contribution in [2.24, 2.45) is 4.99 Å². The minimum Gasteiger partial charge on any atom is -0.265 e. The highest BCUT2D eigenvalue weighted by Gasteiger charge is 2.05. The highest BCUT2D eigenvalue weighted by molar-refractivity contribution is 7.78. The molecule has 0 unspecified atom stereocenters. The molecule has 0 atom stereocenters. The molecular weight excluding hydrogens is 242 g/mol. The van der Waals surface area contributed by atoms with Crippen LogP contribution < -0.4 is 0 Å². The Morgan fingerprint density at radius 3 is 2.81 bits per heavy atom. The average Bonchev–Trinajstić information content (AvgIpc) is 2.61. The van der Waals surface area contributed by atoms with Crippen molar-refractivity contribution in [3.63, 3.8) is 0 Å². The Balaban J connectivity index is 2.23. The highest BCUT2D eigenvalue weighted by Crippen LogP contribution is 2.22. The normalized spacial score (nSPS) is 9.81. The van der Waals surface area contributed by atoms with Crippen LogP contribution in [0.15, 0.2) is 41.5 Å². The molecule has 2 rings (SSSR count). The van der Waals surface area contributed by atoms with Crippen molar-refractivity contribution in [3.05, 3.63) is 47.1 Å². The number of thiocarbonyl (C=S) groups is 1. The Hall–Kier alpha value is -1.48. The van der Waals surface area contributed by atoms with Gasteiger partial charge in [0.05, 0.1) is 11.7 Å². The molecule has 0 aliphatic heterocycles. The van der Waals surface area contributed by atoms with Crippen LogP contribution in [0.1, 0.15) is 5.56 Å². The molecule has 0 aliphatic carbocycles. The lowest BCUT2D eigenvalue weighted by molar-refractivity contribution is 0.688. The van der Waals surface area contributed by atoms with Gasteiger partial charge in [0.15, 0.2) is 0 Å². The van der Waals surface area contributed by atoms with Crippen LogP contribution in [-0.2, 0) is 6.54 Å². The molecule has 0 saturated carbocycles. The molecule has 80 valence electrons. The van der Waals surface area contributed by atoms with Crippen LogP contribution in [0.5, 0.6) is 0 Å². The third-order valence-corrected chi connectivity index (χ3v) is 2.40. The fraction of sp³-hybridized carbons (Fsp3) is 0.0909. The second kappa shape index (κ2) is 5.03. The second-order valence-corrected chi connectivity index (χ2v) is 3.78. The highest BCUT2D eigenvalue weighted by atomic mass is 35.5. The number of hydrogen-bond donors (Lipinski definition) is 0. The Morgan fingerprint density at radius 1 is 1.38 bits per heavy atom. The van der Waals surface area contributed by atoms with Gasteiger partial charge in [0.25, 0.3) is 0 Å². The van der Waals surface area contributed by atoms with E-state index in [2.05, 4.69) is 27.5 Å². The molecule has 0 aliphatic rings. The number of aromatic nitrogens is 2. The molecule has 1 aromatic heterocycles. The summed E-state index contributed by atoms with van der Waals surface area (Å²) in [6.07, 6.45) is 1.72. The first-order chi connectivity index (χ1) is 7.79. The first kappa shape index (κ1) is 11.0. The van der Waals surface area contributed by atoms with Crippen molar-refractivity contribution in [1.82, 2.24) is 9.78 Å². The van der Waals surface area contributed by atoms with Gasteiger partial charge in [0.2, 0.25) is 5.82 Å². The first-order valence-corrected chi connectivity index (χ1v) is 5.43. The molecule has 0 N–H and O–H groups in total. The van der Waals surface area contributed by atoms with E-state index in [1.807, 2.05) is 30.3 Å². The number of hydrogen-bond acceptors (Lipinski definition) is 3. The fourth-order valence-electron chi connectivity index (χ4n) is 1.36. The largest absolute Gasteiger partial charge is 0.265 e. The van der Waals surface area contributed by atoms with Crippen molar-refractivity contribution < 1.29 is 0 Å². The summed E-state index contributed by atoms with van der Waals surface area (Å²) >= 11 is 10.4. The minimum absolute atomic E-state index is 0.410. The first-order valence-electron chi connectivity index (χ1n) is 4.64. The smallest absolute Gasteiger partial charge is 0.202 e. The third-order valence-electron chi connectivity index (χ3n) is 2.04. The molecule has 1 heterocycles. The lowest BCUT2D eigenvalue weighted by Crippen LogP contribution is -1.99. The van der Waals surface area contributed by atoms with Gasteiger partial charge in [-0.1, -0.05) is 41.9 Å². The van der Waals surface area contributed by atoms with E-state index in [9.17, 15) is 0 Å². The Morgan fingerprint density at radius 2 is 2.12 bits per heavy atom. The van der Waals surface area contributed by atoms with Crippen LogP contribution in [0, 0.1) is 0 Å². The second-order valence-electron chi connectivity index (χ2n) is 3.19. The molecule has 2 aromatic rings. The topological polar surface area (TPSA) is 30.2 Å². The van der Waals surface area contributed by atoms with E-state index < -0.39 is 0 Å². The Labute approximate surface area is 103 Å². The van der Waals surface area contributed by atoms with Gasteiger partial charge in [-0.15, -0.1) is 0 Å². The number of benzene rings is 1. The van der Waals surface area contributed by atoms with E-state index in [1.165, 1.54) is 0 Å². The standard InChI is InChI=1S/C11H8ClN3S/c12-10-7-15(14-11(10)13-8-16)6-9-4-2-1-3-5-9/h1-5,7H,6H2. The van der Waals surface area contributed by atoms with Gasteiger partial charge in [-0.25, -0.2) is 0 Å². The maximum Gasteiger partial charge on any atom is 0.202 e. The summed E-state index contributed by atoms with van der Waals surface area (Å²) in [5.41, 5.74) is 1.15. The molecule has 0 radical (unpaired) electrons. The summed E-state index contributed by atoms with van der Waals surface area (Å²) in [6, 6.07) is 9.99. The van der Waals surface area contributed by atoms with Crippen molar-refractivity contribution in [1.29, 1.82) is 0 Å². The summed E-state index contributed by atoms with van der Waals surface area (Å²) in [5, 5.41) is 6.91. The van der Waals surface area contributed by atoms with Crippen LogP contribution in [0.2, 0.25) is 5.02 Å². The molecule has 5 heteroatoms. The molecule has 0 bridgehead atoms. The maximum atomic E-state index is 5.93. The van der Waals surface area contributed by atoms with Crippen molar-refractivity contribution >= 4 is 34.8 Å². The molecule has 0 spiro atoms. The van der Waals surface area contributed by atoms with E-state index >= 15 is 0 Å². The average molecular weight is 250 g/mol. The summed E-state index contributed by atoms with van der Waals surface area (Å²) in [5.74, 6) is 0.410. The monoisotopic (exact) mass is 249 g/mol. The SMILES string of the molecule is S=C=Nc1nn(Cc2ccccc2)cc1Cl. The lowest BCUT2D eigenvalue weighted by Gasteiger charge is -1.99.